The van der Waals surface area contributed by atoms with E-state index in [1.165, 1.54) is 0 Å². The first-order valence-electron chi connectivity index (χ1n) is 7.26. The summed E-state index contributed by atoms with van der Waals surface area (Å²) in [6, 6.07) is 10.5. The summed E-state index contributed by atoms with van der Waals surface area (Å²) in [4.78, 5) is 16.4. The van der Waals surface area contributed by atoms with Crippen molar-refractivity contribution in [2.75, 3.05) is 11.9 Å². The number of rotatable bonds is 6. The van der Waals surface area contributed by atoms with Crippen molar-refractivity contribution in [2.45, 2.75) is 26.9 Å². The molecule has 0 spiro atoms. The zero-order valence-electron chi connectivity index (χ0n) is 13.0. The van der Waals surface area contributed by atoms with Gasteiger partial charge in [-0.25, -0.2) is 4.98 Å². The standard InChI is InChI=1S/C17H20N2O3/c1-4-21-15-6-5-11-18-16(15)19-17(20)13-7-9-14(10-8-13)22-12(2)3/h5-12H,4H2,1-3H3,(H,18,19,20). The summed E-state index contributed by atoms with van der Waals surface area (Å²) in [7, 11) is 0. The van der Waals surface area contributed by atoms with Gasteiger partial charge < -0.3 is 14.8 Å². The smallest absolute Gasteiger partial charge is 0.256 e. The Morgan fingerprint density at radius 3 is 2.59 bits per heavy atom. The fourth-order valence-electron chi connectivity index (χ4n) is 1.89. The van der Waals surface area contributed by atoms with E-state index in [1.807, 2.05) is 20.8 Å². The normalized spacial score (nSPS) is 10.4. The minimum atomic E-state index is -0.240. The molecule has 0 aliphatic heterocycles. The van der Waals surface area contributed by atoms with Crippen LogP contribution in [0.4, 0.5) is 5.82 Å². The number of ether oxygens (including phenoxy) is 2. The summed E-state index contributed by atoms with van der Waals surface area (Å²) in [6.45, 7) is 6.30. The number of hydrogen-bond donors (Lipinski definition) is 1. The fourth-order valence-corrected chi connectivity index (χ4v) is 1.89. The van der Waals surface area contributed by atoms with Gasteiger partial charge in [-0.15, -0.1) is 0 Å². The van der Waals surface area contributed by atoms with Crippen LogP contribution in [0.3, 0.4) is 0 Å². The topological polar surface area (TPSA) is 60.5 Å². The molecular formula is C17H20N2O3. The van der Waals surface area contributed by atoms with Crippen molar-refractivity contribution in [1.82, 2.24) is 4.98 Å². The second-order valence-electron chi connectivity index (χ2n) is 4.93. The van der Waals surface area contributed by atoms with Gasteiger partial charge in [0.05, 0.1) is 12.7 Å². The highest BCUT2D eigenvalue weighted by Crippen LogP contribution is 2.22. The molecule has 116 valence electrons. The molecule has 0 aliphatic carbocycles. The molecule has 1 aromatic heterocycles. The number of aromatic nitrogens is 1. The molecule has 1 N–H and O–H groups in total. The SMILES string of the molecule is CCOc1cccnc1NC(=O)c1ccc(OC(C)C)cc1. The molecule has 0 bridgehead atoms. The number of carbonyl (C=O) groups excluding carboxylic acids is 1. The van der Waals surface area contributed by atoms with Crippen molar-refractivity contribution in [3.8, 4) is 11.5 Å². The molecule has 22 heavy (non-hydrogen) atoms. The Labute approximate surface area is 130 Å². The summed E-state index contributed by atoms with van der Waals surface area (Å²) in [5, 5.41) is 2.76. The van der Waals surface area contributed by atoms with Gasteiger partial charge in [-0.2, -0.15) is 0 Å². The minimum absolute atomic E-state index is 0.0990. The average molecular weight is 300 g/mol. The number of pyridine rings is 1. The van der Waals surface area contributed by atoms with Crippen molar-refractivity contribution >= 4 is 11.7 Å². The molecule has 2 aromatic rings. The molecule has 1 aromatic carbocycles. The maximum atomic E-state index is 12.3. The van der Waals surface area contributed by atoms with E-state index >= 15 is 0 Å². The minimum Gasteiger partial charge on any atom is -0.491 e. The Kier molecular flexibility index (Phi) is 5.36. The number of amides is 1. The van der Waals surface area contributed by atoms with E-state index in [-0.39, 0.29) is 12.0 Å². The lowest BCUT2D eigenvalue weighted by molar-refractivity contribution is 0.102. The quantitative estimate of drug-likeness (QED) is 0.886. The highest BCUT2D eigenvalue weighted by atomic mass is 16.5. The molecule has 1 amide bonds. The van der Waals surface area contributed by atoms with Crippen LogP contribution in [0.25, 0.3) is 0 Å². The maximum Gasteiger partial charge on any atom is 0.256 e. The molecule has 0 saturated carbocycles. The zero-order chi connectivity index (χ0) is 15.9. The van der Waals surface area contributed by atoms with Crippen molar-refractivity contribution in [3.05, 3.63) is 48.2 Å². The van der Waals surface area contributed by atoms with Crippen LogP contribution in [0.5, 0.6) is 11.5 Å². The third-order valence-electron chi connectivity index (χ3n) is 2.79. The number of nitrogens with one attached hydrogen (secondary N) is 1. The Hall–Kier alpha value is -2.56. The Morgan fingerprint density at radius 2 is 1.95 bits per heavy atom. The first kappa shape index (κ1) is 15.8. The molecule has 5 nitrogen and oxygen atoms in total. The van der Waals surface area contributed by atoms with E-state index in [9.17, 15) is 4.79 Å². The summed E-state index contributed by atoms with van der Waals surface area (Å²) < 4.78 is 11.0. The maximum absolute atomic E-state index is 12.3. The number of carbonyl (C=O) groups is 1. The highest BCUT2D eigenvalue weighted by Gasteiger charge is 2.11. The Balaban J connectivity index is 2.09. The van der Waals surface area contributed by atoms with E-state index < -0.39 is 0 Å². The Morgan fingerprint density at radius 1 is 1.23 bits per heavy atom. The molecule has 0 atom stereocenters. The lowest BCUT2D eigenvalue weighted by atomic mass is 10.2. The summed E-state index contributed by atoms with van der Waals surface area (Å²) >= 11 is 0. The largest absolute Gasteiger partial charge is 0.491 e. The van der Waals surface area contributed by atoms with Gasteiger partial charge in [-0.05, 0) is 57.2 Å². The van der Waals surface area contributed by atoms with E-state index in [0.29, 0.717) is 23.7 Å². The van der Waals surface area contributed by atoms with E-state index in [2.05, 4.69) is 10.3 Å². The van der Waals surface area contributed by atoms with Gasteiger partial charge in [0.15, 0.2) is 11.6 Å². The third kappa shape index (κ3) is 4.22. The van der Waals surface area contributed by atoms with E-state index in [0.717, 1.165) is 5.75 Å². The van der Waals surface area contributed by atoms with Crippen LogP contribution in [0.1, 0.15) is 31.1 Å². The second kappa shape index (κ2) is 7.45. The predicted octanol–water partition coefficient (Wildman–Crippen LogP) is 3.52. The van der Waals surface area contributed by atoms with Crippen LogP contribution in [-0.2, 0) is 0 Å². The monoisotopic (exact) mass is 300 g/mol. The highest BCUT2D eigenvalue weighted by molar-refractivity contribution is 6.04. The van der Waals surface area contributed by atoms with Crippen molar-refractivity contribution in [3.63, 3.8) is 0 Å². The van der Waals surface area contributed by atoms with Crippen LogP contribution in [-0.4, -0.2) is 23.6 Å². The van der Waals surface area contributed by atoms with E-state index in [1.54, 1.807) is 42.6 Å². The number of benzene rings is 1. The first-order valence-corrected chi connectivity index (χ1v) is 7.26. The Bertz CT molecular complexity index is 624. The molecule has 0 aliphatic rings. The van der Waals surface area contributed by atoms with Crippen LogP contribution < -0.4 is 14.8 Å². The molecule has 2 rings (SSSR count). The lowest BCUT2D eigenvalue weighted by Crippen LogP contribution is -2.14. The van der Waals surface area contributed by atoms with Crippen LogP contribution >= 0.6 is 0 Å². The van der Waals surface area contributed by atoms with Crippen LogP contribution in [0, 0.1) is 0 Å². The molecule has 0 fully saturated rings. The molecular weight excluding hydrogens is 280 g/mol. The summed E-state index contributed by atoms with van der Waals surface area (Å²) in [6.07, 6.45) is 1.71. The van der Waals surface area contributed by atoms with Gasteiger partial charge in [-0.1, -0.05) is 0 Å². The van der Waals surface area contributed by atoms with Crippen LogP contribution in [0.15, 0.2) is 42.6 Å². The van der Waals surface area contributed by atoms with Crippen molar-refractivity contribution in [2.24, 2.45) is 0 Å². The number of anilines is 1. The lowest BCUT2D eigenvalue weighted by Gasteiger charge is -2.11. The number of nitrogens with zero attached hydrogens (tertiary/aromatic N) is 1. The zero-order valence-corrected chi connectivity index (χ0v) is 13.0. The van der Waals surface area contributed by atoms with Gasteiger partial charge in [0.25, 0.3) is 5.91 Å². The molecule has 0 saturated heterocycles. The molecule has 5 heteroatoms. The van der Waals surface area contributed by atoms with Gasteiger partial charge in [-0.3, -0.25) is 4.79 Å². The van der Waals surface area contributed by atoms with E-state index in [4.69, 9.17) is 9.47 Å². The van der Waals surface area contributed by atoms with Gasteiger partial charge in [0.1, 0.15) is 5.75 Å². The average Bonchev–Trinajstić information content (AvgIpc) is 2.49. The van der Waals surface area contributed by atoms with Gasteiger partial charge >= 0.3 is 0 Å². The second-order valence-corrected chi connectivity index (χ2v) is 4.93. The first-order chi connectivity index (χ1) is 10.6. The van der Waals surface area contributed by atoms with Gasteiger partial charge in [0, 0.05) is 11.8 Å². The number of hydrogen-bond acceptors (Lipinski definition) is 4. The molecule has 1 heterocycles. The van der Waals surface area contributed by atoms with Gasteiger partial charge in [0.2, 0.25) is 0 Å². The summed E-state index contributed by atoms with van der Waals surface area (Å²) in [5.41, 5.74) is 0.532. The summed E-state index contributed by atoms with van der Waals surface area (Å²) in [5.74, 6) is 1.46. The molecule has 0 unspecified atom stereocenters. The van der Waals surface area contributed by atoms with Crippen molar-refractivity contribution < 1.29 is 14.3 Å². The molecule has 0 radical (unpaired) electrons. The van der Waals surface area contributed by atoms with Crippen LogP contribution in [0.2, 0.25) is 0 Å². The van der Waals surface area contributed by atoms with Crippen molar-refractivity contribution in [1.29, 1.82) is 0 Å². The third-order valence-corrected chi connectivity index (χ3v) is 2.79. The fraction of sp³-hybridized carbons (Fsp3) is 0.294. The predicted molar refractivity (Wildman–Crippen MR) is 85.6 cm³/mol.